The first-order valence-corrected chi connectivity index (χ1v) is 8.00. The van der Waals surface area contributed by atoms with E-state index in [2.05, 4.69) is 16.0 Å². The lowest BCUT2D eigenvalue weighted by molar-refractivity contribution is -0.115. The van der Waals surface area contributed by atoms with E-state index in [9.17, 15) is 14.4 Å². The third-order valence-corrected chi connectivity index (χ3v) is 3.54. The number of Topliss-reactive ketones (excluding diaryl/α,β-unsaturated/α-hetero) is 1. The van der Waals surface area contributed by atoms with Crippen LogP contribution in [0.3, 0.4) is 0 Å². The smallest absolute Gasteiger partial charge is 0.243 e. The van der Waals surface area contributed by atoms with Gasteiger partial charge in [0.05, 0.1) is 25.0 Å². The largest absolute Gasteiger partial charge is 0.495 e. The summed E-state index contributed by atoms with van der Waals surface area (Å²) < 4.78 is 5.25. The first-order valence-electron chi connectivity index (χ1n) is 8.00. The van der Waals surface area contributed by atoms with Gasteiger partial charge in [-0.1, -0.05) is 12.1 Å². The molecular formula is C19H21N3O4. The number of rotatable bonds is 7. The molecule has 0 atom stereocenters. The monoisotopic (exact) mass is 355 g/mol. The Balaban J connectivity index is 2.07. The van der Waals surface area contributed by atoms with Gasteiger partial charge in [0.25, 0.3) is 0 Å². The second-order valence-electron chi connectivity index (χ2n) is 5.60. The SMILES string of the molecule is COc1ccc(NC(C)=O)cc1NCC(=O)Nc1ccccc1C(C)=O. The average molecular weight is 355 g/mol. The number of anilines is 3. The van der Waals surface area contributed by atoms with Crippen LogP contribution in [0.15, 0.2) is 42.5 Å². The van der Waals surface area contributed by atoms with Gasteiger partial charge in [-0.2, -0.15) is 0 Å². The van der Waals surface area contributed by atoms with E-state index in [1.54, 1.807) is 42.5 Å². The molecule has 0 aliphatic heterocycles. The van der Waals surface area contributed by atoms with Crippen LogP contribution >= 0.6 is 0 Å². The zero-order valence-corrected chi connectivity index (χ0v) is 14.9. The van der Waals surface area contributed by atoms with E-state index in [0.29, 0.717) is 28.4 Å². The van der Waals surface area contributed by atoms with Gasteiger partial charge in [0, 0.05) is 18.2 Å². The van der Waals surface area contributed by atoms with Gasteiger partial charge < -0.3 is 20.7 Å². The third kappa shape index (κ3) is 5.07. The molecule has 0 saturated carbocycles. The van der Waals surface area contributed by atoms with Crippen LogP contribution in [0.4, 0.5) is 17.1 Å². The maximum Gasteiger partial charge on any atom is 0.243 e. The highest BCUT2D eigenvalue weighted by atomic mass is 16.5. The second-order valence-corrected chi connectivity index (χ2v) is 5.60. The molecule has 136 valence electrons. The van der Waals surface area contributed by atoms with Crippen molar-refractivity contribution >= 4 is 34.7 Å². The van der Waals surface area contributed by atoms with Crippen LogP contribution in [0, 0.1) is 0 Å². The number of ether oxygens (including phenoxy) is 1. The van der Waals surface area contributed by atoms with Crippen molar-refractivity contribution in [3.63, 3.8) is 0 Å². The minimum Gasteiger partial charge on any atom is -0.495 e. The van der Waals surface area contributed by atoms with Crippen LogP contribution in [-0.4, -0.2) is 31.3 Å². The molecule has 2 amide bonds. The van der Waals surface area contributed by atoms with Crippen LogP contribution in [0.5, 0.6) is 5.75 Å². The Morgan fingerprint density at radius 3 is 2.35 bits per heavy atom. The summed E-state index contributed by atoms with van der Waals surface area (Å²) in [6.45, 7) is 2.82. The summed E-state index contributed by atoms with van der Waals surface area (Å²) in [7, 11) is 1.52. The van der Waals surface area contributed by atoms with E-state index in [1.165, 1.54) is 21.0 Å². The molecule has 0 aromatic heterocycles. The number of amides is 2. The summed E-state index contributed by atoms with van der Waals surface area (Å²) in [4.78, 5) is 35.0. The van der Waals surface area contributed by atoms with Gasteiger partial charge in [-0.05, 0) is 37.3 Å². The van der Waals surface area contributed by atoms with Crippen molar-refractivity contribution in [3.05, 3.63) is 48.0 Å². The van der Waals surface area contributed by atoms with Gasteiger partial charge in [0.15, 0.2) is 5.78 Å². The number of nitrogens with one attached hydrogen (secondary N) is 3. The molecule has 7 heteroatoms. The molecule has 2 aromatic carbocycles. The van der Waals surface area contributed by atoms with E-state index >= 15 is 0 Å². The van der Waals surface area contributed by atoms with E-state index in [-0.39, 0.29) is 24.1 Å². The Morgan fingerprint density at radius 2 is 1.69 bits per heavy atom. The lowest BCUT2D eigenvalue weighted by atomic mass is 10.1. The molecule has 0 saturated heterocycles. The van der Waals surface area contributed by atoms with E-state index in [0.717, 1.165) is 0 Å². The summed E-state index contributed by atoms with van der Waals surface area (Å²) in [5, 5.41) is 8.36. The number of carbonyl (C=O) groups is 3. The fourth-order valence-electron chi connectivity index (χ4n) is 2.40. The molecule has 0 aliphatic carbocycles. The maximum absolute atomic E-state index is 12.2. The highest BCUT2D eigenvalue weighted by Gasteiger charge is 2.11. The van der Waals surface area contributed by atoms with Gasteiger partial charge >= 0.3 is 0 Å². The Hall–Kier alpha value is -3.35. The second kappa shape index (κ2) is 8.66. The van der Waals surface area contributed by atoms with Crippen molar-refractivity contribution in [1.29, 1.82) is 0 Å². The summed E-state index contributed by atoms with van der Waals surface area (Å²) in [5.41, 5.74) is 2.06. The molecule has 0 fully saturated rings. The van der Waals surface area contributed by atoms with Crippen LogP contribution in [-0.2, 0) is 9.59 Å². The Morgan fingerprint density at radius 1 is 0.962 bits per heavy atom. The molecule has 26 heavy (non-hydrogen) atoms. The van der Waals surface area contributed by atoms with Gasteiger partial charge in [-0.15, -0.1) is 0 Å². The van der Waals surface area contributed by atoms with E-state index in [1.807, 2.05) is 0 Å². The molecule has 0 aliphatic rings. The van der Waals surface area contributed by atoms with Crippen LogP contribution in [0.1, 0.15) is 24.2 Å². The molecule has 2 rings (SSSR count). The predicted octanol–water partition coefficient (Wildman–Crippen LogP) is 2.91. The molecule has 0 heterocycles. The Bertz CT molecular complexity index is 833. The van der Waals surface area contributed by atoms with Crippen molar-refractivity contribution in [3.8, 4) is 5.75 Å². The van der Waals surface area contributed by atoms with Crippen molar-refractivity contribution < 1.29 is 19.1 Å². The maximum atomic E-state index is 12.2. The number of methoxy groups -OCH3 is 1. The van der Waals surface area contributed by atoms with Crippen LogP contribution in [0.2, 0.25) is 0 Å². The van der Waals surface area contributed by atoms with E-state index in [4.69, 9.17) is 4.74 Å². The zero-order chi connectivity index (χ0) is 19.1. The quantitative estimate of drug-likeness (QED) is 0.664. The fourth-order valence-corrected chi connectivity index (χ4v) is 2.40. The average Bonchev–Trinajstić information content (AvgIpc) is 2.60. The zero-order valence-electron chi connectivity index (χ0n) is 14.9. The third-order valence-electron chi connectivity index (χ3n) is 3.54. The van der Waals surface area contributed by atoms with Crippen LogP contribution in [0.25, 0.3) is 0 Å². The molecule has 7 nitrogen and oxygen atoms in total. The Kier molecular flexibility index (Phi) is 6.32. The van der Waals surface area contributed by atoms with Crippen LogP contribution < -0.4 is 20.7 Å². The number of hydrogen-bond acceptors (Lipinski definition) is 5. The number of carbonyl (C=O) groups excluding carboxylic acids is 3. The van der Waals surface area contributed by atoms with Crippen molar-refractivity contribution in [2.75, 3.05) is 29.6 Å². The molecular weight excluding hydrogens is 334 g/mol. The van der Waals surface area contributed by atoms with Gasteiger partial charge in [-0.3, -0.25) is 14.4 Å². The molecule has 0 radical (unpaired) electrons. The first kappa shape index (κ1) is 19.0. The lowest BCUT2D eigenvalue weighted by Gasteiger charge is -2.14. The van der Waals surface area contributed by atoms with Gasteiger partial charge in [0.1, 0.15) is 5.75 Å². The highest BCUT2D eigenvalue weighted by molar-refractivity contribution is 6.04. The standard InChI is InChI=1S/C19H21N3O4/c1-12(23)15-6-4-5-7-16(15)22-19(25)11-20-17-10-14(21-13(2)24)8-9-18(17)26-3/h4-10,20H,11H2,1-3H3,(H,21,24)(H,22,25). The van der Waals surface area contributed by atoms with Crippen molar-refractivity contribution in [2.45, 2.75) is 13.8 Å². The molecule has 0 spiro atoms. The molecule has 2 aromatic rings. The molecule has 3 N–H and O–H groups in total. The first-order chi connectivity index (χ1) is 12.4. The number of hydrogen-bond donors (Lipinski definition) is 3. The van der Waals surface area contributed by atoms with E-state index < -0.39 is 0 Å². The predicted molar refractivity (Wildman–Crippen MR) is 101 cm³/mol. The molecule has 0 unspecified atom stereocenters. The number of para-hydroxylation sites is 1. The minimum absolute atomic E-state index is 0.0356. The number of ketones is 1. The van der Waals surface area contributed by atoms with Crippen molar-refractivity contribution in [1.82, 2.24) is 0 Å². The molecule has 0 bridgehead atoms. The number of benzene rings is 2. The van der Waals surface area contributed by atoms with Crippen molar-refractivity contribution in [2.24, 2.45) is 0 Å². The summed E-state index contributed by atoms with van der Waals surface area (Å²) in [6, 6.07) is 11.9. The summed E-state index contributed by atoms with van der Waals surface area (Å²) in [5.74, 6) is -0.0973. The summed E-state index contributed by atoms with van der Waals surface area (Å²) in [6.07, 6.45) is 0. The minimum atomic E-state index is -0.314. The van der Waals surface area contributed by atoms with Gasteiger partial charge in [-0.25, -0.2) is 0 Å². The normalized spacial score (nSPS) is 9.96. The fraction of sp³-hybridized carbons (Fsp3) is 0.211. The summed E-state index contributed by atoms with van der Waals surface area (Å²) >= 11 is 0. The Labute approximate surface area is 151 Å². The topological polar surface area (TPSA) is 96.5 Å². The highest BCUT2D eigenvalue weighted by Crippen LogP contribution is 2.27. The van der Waals surface area contributed by atoms with Gasteiger partial charge in [0.2, 0.25) is 11.8 Å². The lowest BCUT2D eigenvalue weighted by Crippen LogP contribution is -2.23.